The van der Waals surface area contributed by atoms with E-state index in [1.54, 1.807) is 13.8 Å². The number of nitrogens with one attached hydrogen (secondary N) is 2. The number of carbonyl (C=O) groups is 1. The lowest BCUT2D eigenvalue weighted by atomic mass is 9.49. The molecule has 0 radical (unpaired) electrons. The molecule has 5 rings (SSSR count). The van der Waals surface area contributed by atoms with Gasteiger partial charge in [-0.15, -0.1) is 0 Å². The van der Waals surface area contributed by atoms with Gasteiger partial charge in [0.25, 0.3) is 5.56 Å². The fourth-order valence-corrected chi connectivity index (χ4v) is 5.51. The zero-order valence-corrected chi connectivity index (χ0v) is 13.2. The summed E-state index contributed by atoms with van der Waals surface area (Å²) >= 11 is 0. The molecule has 1 amide bonds. The van der Waals surface area contributed by atoms with Crippen molar-refractivity contribution in [2.45, 2.75) is 52.4 Å². The molecule has 0 atom stereocenters. The van der Waals surface area contributed by atoms with Gasteiger partial charge in [0.1, 0.15) is 11.5 Å². The van der Waals surface area contributed by atoms with Crippen LogP contribution in [0.4, 0.5) is 5.69 Å². The second-order valence-corrected chi connectivity index (χ2v) is 7.76. The van der Waals surface area contributed by atoms with Gasteiger partial charge < -0.3 is 10.3 Å². The summed E-state index contributed by atoms with van der Waals surface area (Å²) in [5.41, 5.74) is 0.437. The molecule has 0 saturated heterocycles. The van der Waals surface area contributed by atoms with E-state index in [0.29, 0.717) is 35.0 Å². The molecule has 118 valence electrons. The smallest absolute Gasteiger partial charge is 0.274 e. The van der Waals surface area contributed by atoms with Crippen LogP contribution in [0.5, 0.6) is 0 Å². The minimum Gasteiger partial charge on any atom is -0.319 e. The standard InChI is InChI=1S/C17H23N3O2/c1-9-14(15(21)19-10(2)18-9)20-16(22)17-6-11-3-12(7-17)5-13(4-11)8-17/h11-13H,3-8H2,1-2H3,(H,20,22)(H,18,19,21). The molecule has 4 aliphatic rings. The monoisotopic (exact) mass is 301 g/mol. The first kappa shape index (κ1) is 14.0. The van der Waals surface area contributed by atoms with Crippen molar-refractivity contribution in [3.8, 4) is 0 Å². The van der Waals surface area contributed by atoms with E-state index in [1.807, 2.05) is 0 Å². The van der Waals surface area contributed by atoms with Gasteiger partial charge in [-0.25, -0.2) is 4.98 Å². The maximum atomic E-state index is 13.0. The quantitative estimate of drug-likeness (QED) is 0.881. The van der Waals surface area contributed by atoms with Crippen LogP contribution in [0.25, 0.3) is 0 Å². The van der Waals surface area contributed by atoms with E-state index in [4.69, 9.17) is 0 Å². The summed E-state index contributed by atoms with van der Waals surface area (Å²) in [7, 11) is 0. The van der Waals surface area contributed by atoms with Crippen molar-refractivity contribution < 1.29 is 4.79 Å². The van der Waals surface area contributed by atoms with Crippen LogP contribution in [-0.4, -0.2) is 15.9 Å². The van der Waals surface area contributed by atoms with Crippen LogP contribution in [-0.2, 0) is 4.79 Å². The third kappa shape index (κ3) is 2.09. The number of rotatable bonds is 2. The average molecular weight is 301 g/mol. The highest BCUT2D eigenvalue weighted by atomic mass is 16.2. The van der Waals surface area contributed by atoms with Crippen LogP contribution in [0.15, 0.2) is 4.79 Å². The fraction of sp³-hybridized carbons (Fsp3) is 0.706. The summed E-state index contributed by atoms with van der Waals surface area (Å²) in [5.74, 6) is 2.77. The molecule has 5 heteroatoms. The first-order valence-corrected chi connectivity index (χ1v) is 8.34. The maximum absolute atomic E-state index is 13.0. The predicted molar refractivity (Wildman–Crippen MR) is 83.6 cm³/mol. The zero-order chi connectivity index (χ0) is 15.5. The molecular formula is C17H23N3O2. The summed E-state index contributed by atoms with van der Waals surface area (Å²) in [6.45, 7) is 3.52. The van der Waals surface area contributed by atoms with Crippen molar-refractivity contribution >= 4 is 11.6 Å². The Hall–Kier alpha value is -1.65. The number of carbonyl (C=O) groups excluding carboxylic acids is 1. The molecule has 1 aromatic heterocycles. The number of aromatic nitrogens is 2. The summed E-state index contributed by atoms with van der Waals surface area (Å²) in [4.78, 5) is 32.0. The Morgan fingerprint density at radius 2 is 1.68 bits per heavy atom. The second kappa shape index (κ2) is 4.67. The summed E-state index contributed by atoms with van der Waals surface area (Å²) in [5, 5.41) is 2.92. The van der Waals surface area contributed by atoms with E-state index in [0.717, 1.165) is 19.3 Å². The van der Waals surface area contributed by atoms with E-state index < -0.39 is 0 Å². The molecule has 22 heavy (non-hydrogen) atoms. The first-order valence-electron chi connectivity index (χ1n) is 8.34. The third-order valence-electron chi connectivity index (χ3n) is 5.98. The Morgan fingerprint density at radius 3 is 2.18 bits per heavy atom. The molecule has 2 N–H and O–H groups in total. The van der Waals surface area contributed by atoms with Crippen molar-refractivity contribution in [2.24, 2.45) is 23.2 Å². The van der Waals surface area contributed by atoms with E-state index in [2.05, 4.69) is 15.3 Å². The number of amides is 1. The van der Waals surface area contributed by atoms with Crippen LogP contribution in [0, 0.1) is 37.0 Å². The van der Waals surface area contributed by atoms with Crippen molar-refractivity contribution in [2.75, 3.05) is 5.32 Å². The molecule has 0 aliphatic heterocycles. The van der Waals surface area contributed by atoms with E-state index in [9.17, 15) is 9.59 Å². The Bertz CT molecular complexity index is 656. The molecule has 4 aliphatic carbocycles. The van der Waals surface area contributed by atoms with Gasteiger partial charge in [-0.1, -0.05) is 0 Å². The molecular weight excluding hydrogens is 278 g/mol. The van der Waals surface area contributed by atoms with Crippen LogP contribution in [0.1, 0.15) is 50.0 Å². The topological polar surface area (TPSA) is 74.8 Å². The summed E-state index contributed by atoms with van der Waals surface area (Å²) in [6.07, 6.45) is 6.91. The molecule has 0 aromatic carbocycles. The molecule has 1 heterocycles. The van der Waals surface area contributed by atoms with Crippen LogP contribution in [0.3, 0.4) is 0 Å². The van der Waals surface area contributed by atoms with Gasteiger partial charge in [-0.2, -0.15) is 0 Å². The molecule has 5 nitrogen and oxygen atoms in total. The number of nitrogens with zero attached hydrogens (tertiary/aromatic N) is 1. The molecule has 4 bridgehead atoms. The lowest BCUT2D eigenvalue weighted by Gasteiger charge is -2.55. The zero-order valence-electron chi connectivity index (χ0n) is 13.2. The SMILES string of the molecule is Cc1nc(C)c(NC(=O)C23CC4CC(CC(C4)C2)C3)c(=O)[nH]1. The van der Waals surface area contributed by atoms with Gasteiger partial charge in [0.15, 0.2) is 0 Å². The van der Waals surface area contributed by atoms with Crippen molar-refractivity contribution in [1.82, 2.24) is 9.97 Å². The number of aryl methyl sites for hydroxylation is 2. The number of hydrogen-bond acceptors (Lipinski definition) is 3. The van der Waals surface area contributed by atoms with Crippen molar-refractivity contribution in [3.63, 3.8) is 0 Å². The Morgan fingerprint density at radius 1 is 1.14 bits per heavy atom. The van der Waals surface area contributed by atoms with Gasteiger partial charge in [0.2, 0.25) is 5.91 Å². The van der Waals surface area contributed by atoms with Gasteiger partial charge in [-0.3, -0.25) is 9.59 Å². The lowest BCUT2D eigenvalue weighted by Crippen LogP contribution is -2.52. The van der Waals surface area contributed by atoms with Crippen LogP contribution < -0.4 is 10.9 Å². The minimum atomic E-state index is -0.247. The van der Waals surface area contributed by atoms with Gasteiger partial charge >= 0.3 is 0 Å². The minimum absolute atomic E-state index is 0.0471. The molecule has 4 fully saturated rings. The maximum Gasteiger partial charge on any atom is 0.274 e. The average Bonchev–Trinajstić information content (AvgIpc) is 2.41. The lowest BCUT2D eigenvalue weighted by molar-refractivity contribution is -0.140. The first-order chi connectivity index (χ1) is 10.4. The molecule has 0 unspecified atom stereocenters. The van der Waals surface area contributed by atoms with Gasteiger partial charge in [0.05, 0.1) is 11.1 Å². The number of H-pyrrole nitrogens is 1. The predicted octanol–water partition coefficient (Wildman–Crippen LogP) is 2.54. The Balaban J connectivity index is 1.62. The van der Waals surface area contributed by atoms with Crippen molar-refractivity contribution in [1.29, 1.82) is 0 Å². The Labute approximate surface area is 129 Å². The van der Waals surface area contributed by atoms with Crippen LogP contribution in [0.2, 0.25) is 0 Å². The molecule has 0 spiro atoms. The normalized spacial score (nSPS) is 35.6. The summed E-state index contributed by atoms with van der Waals surface area (Å²) < 4.78 is 0. The summed E-state index contributed by atoms with van der Waals surface area (Å²) in [6, 6.07) is 0. The van der Waals surface area contributed by atoms with E-state index in [-0.39, 0.29) is 16.9 Å². The number of aromatic amines is 1. The number of hydrogen-bond donors (Lipinski definition) is 2. The van der Waals surface area contributed by atoms with E-state index >= 15 is 0 Å². The second-order valence-electron chi connectivity index (χ2n) is 7.76. The van der Waals surface area contributed by atoms with E-state index in [1.165, 1.54) is 19.3 Å². The highest BCUT2D eigenvalue weighted by Crippen LogP contribution is 2.60. The van der Waals surface area contributed by atoms with Gasteiger partial charge in [0, 0.05) is 0 Å². The highest BCUT2D eigenvalue weighted by molar-refractivity contribution is 5.95. The third-order valence-corrected chi connectivity index (χ3v) is 5.98. The highest BCUT2D eigenvalue weighted by Gasteiger charge is 2.54. The Kier molecular flexibility index (Phi) is 2.97. The van der Waals surface area contributed by atoms with Crippen molar-refractivity contribution in [3.05, 3.63) is 21.9 Å². The molecule has 4 saturated carbocycles. The van der Waals surface area contributed by atoms with Gasteiger partial charge in [-0.05, 0) is 70.1 Å². The molecule has 1 aromatic rings. The number of anilines is 1. The van der Waals surface area contributed by atoms with Crippen LogP contribution >= 0.6 is 0 Å². The largest absolute Gasteiger partial charge is 0.319 e. The fourth-order valence-electron chi connectivity index (χ4n) is 5.51.